The second-order valence-electron chi connectivity index (χ2n) is 4.98. The van der Waals surface area contributed by atoms with E-state index in [1.807, 2.05) is 17.5 Å². The molecule has 1 amide bonds. The summed E-state index contributed by atoms with van der Waals surface area (Å²) in [5.74, 6) is 1.06. The minimum atomic E-state index is -0.958. The highest BCUT2D eigenvalue weighted by Gasteiger charge is 2.67. The minimum Gasteiger partial charge on any atom is -0.348 e. The Labute approximate surface area is 129 Å². The molecule has 0 bridgehead atoms. The van der Waals surface area contributed by atoms with Crippen LogP contribution in [0.1, 0.15) is 19.2 Å². The number of hydrogen-bond donors (Lipinski definition) is 2. The van der Waals surface area contributed by atoms with Crippen molar-refractivity contribution in [3.05, 3.63) is 23.3 Å². The number of carbonyl (C=O) groups excluding carboxylic acids is 1. The number of hydrogen-bond acceptors (Lipinski definition) is 4. The quantitative estimate of drug-likeness (QED) is 0.847. The van der Waals surface area contributed by atoms with Crippen LogP contribution >= 0.6 is 34.5 Å². The normalized spacial score (nSPS) is 23.6. The topological polar surface area (TPSA) is 70.7 Å². The molecule has 0 spiro atoms. The summed E-state index contributed by atoms with van der Waals surface area (Å²) in [6.45, 7) is 2.02. The number of halogens is 2. The maximum atomic E-state index is 12.0. The average Bonchev–Trinajstić information content (AvgIpc) is 2.92. The van der Waals surface area contributed by atoms with Crippen LogP contribution in [0.15, 0.2) is 17.5 Å². The molecule has 2 N–H and O–H groups in total. The molecule has 2 aromatic heterocycles. The number of nitrogens with one attached hydrogen (secondary N) is 2. The van der Waals surface area contributed by atoms with Gasteiger partial charge in [-0.05, 0) is 24.8 Å². The zero-order chi connectivity index (χ0) is 14.4. The van der Waals surface area contributed by atoms with E-state index in [9.17, 15) is 4.79 Å². The Hall–Kier alpha value is -1.11. The Morgan fingerprint density at radius 3 is 2.95 bits per heavy atom. The van der Waals surface area contributed by atoms with Crippen molar-refractivity contribution < 1.29 is 4.79 Å². The van der Waals surface area contributed by atoms with Gasteiger partial charge in [-0.15, -0.1) is 34.5 Å². The van der Waals surface area contributed by atoms with Crippen molar-refractivity contribution in [3.63, 3.8) is 0 Å². The third kappa shape index (κ3) is 2.32. The number of aromatic amines is 1. The number of aromatic nitrogens is 3. The summed E-state index contributed by atoms with van der Waals surface area (Å²) in [6, 6.07) is 3.88. The fourth-order valence-corrected chi connectivity index (χ4v) is 3.26. The second kappa shape index (κ2) is 4.72. The molecule has 0 radical (unpaired) electrons. The van der Waals surface area contributed by atoms with E-state index in [2.05, 4.69) is 20.5 Å². The Morgan fingerprint density at radius 1 is 1.60 bits per heavy atom. The summed E-state index contributed by atoms with van der Waals surface area (Å²) in [5.41, 5.74) is -0.716. The Morgan fingerprint density at radius 2 is 2.35 bits per heavy atom. The summed E-state index contributed by atoms with van der Waals surface area (Å²) in [6.07, 6.45) is 0.464. The monoisotopic (exact) mass is 330 g/mol. The number of thiophene rings is 1. The molecule has 0 aliphatic heterocycles. The summed E-state index contributed by atoms with van der Waals surface area (Å²) in [4.78, 5) is 17.3. The first-order valence-electron chi connectivity index (χ1n) is 6.04. The first-order valence-corrected chi connectivity index (χ1v) is 7.67. The van der Waals surface area contributed by atoms with Gasteiger partial charge in [-0.3, -0.25) is 9.89 Å². The van der Waals surface area contributed by atoms with Gasteiger partial charge in [0.15, 0.2) is 5.82 Å². The Kier molecular flexibility index (Phi) is 3.27. The van der Waals surface area contributed by atoms with Gasteiger partial charge >= 0.3 is 0 Å². The molecule has 2 heterocycles. The lowest BCUT2D eigenvalue weighted by Gasteiger charge is -2.11. The number of carbonyl (C=O) groups is 1. The molecular formula is C12H12Cl2N4OS. The highest BCUT2D eigenvalue weighted by atomic mass is 35.5. The van der Waals surface area contributed by atoms with Gasteiger partial charge in [0, 0.05) is 0 Å². The molecule has 1 aliphatic carbocycles. The van der Waals surface area contributed by atoms with Gasteiger partial charge in [-0.2, -0.15) is 5.10 Å². The molecule has 1 saturated carbocycles. The largest absolute Gasteiger partial charge is 0.348 e. The van der Waals surface area contributed by atoms with Crippen LogP contribution in [0.5, 0.6) is 0 Å². The lowest BCUT2D eigenvalue weighted by molar-refractivity contribution is -0.126. The third-order valence-electron chi connectivity index (χ3n) is 3.45. The van der Waals surface area contributed by atoms with Crippen molar-refractivity contribution >= 4 is 40.4 Å². The summed E-state index contributed by atoms with van der Waals surface area (Å²) in [7, 11) is 0. The standard InChI is InChI=1S/C12H12Cl2N4OS/c1-11(6-12(11,13)14)10(19)15-5-8-16-9(18-17-8)7-3-2-4-20-7/h2-4H,5-6H2,1H3,(H,15,19)(H,16,17,18)/t11-/m1/s1. The zero-order valence-electron chi connectivity index (χ0n) is 10.6. The van der Waals surface area contributed by atoms with Gasteiger partial charge in [0.1, 0.15) is 10.2 Å². The molecule has 1 fully saturated rings. The zero-order valence-corrected chi connectivity index (χ0v) is 12.9. The summed E-state index contributed by atoms with van der Waals surface area (Å²) >= 11 is 13.5. The van der Waals surface area contributed by atoms with Gasteiger partial charge in [0.2, 0.25) is 5.91 Å². The molecule has 2 aromatic rings. The van der Waals surface area contributed by atoms with Crippen LogP contribution in [0.2, 0.25) is 0 Å². The number of rotatable bonds is 4. The van der Waals surface area contributed by atoms with Crippen molar-refractivity contribution in [1.82, 2.24) is 20.5 Å². The number of H-pyrrole nitrogens is 1. The fourth-order valence-electron chi connectivity index (χ4n) is 1.90. The van der Waals surface area contributed by atoms with E-state index in [0.717, 1.165) is 4.88 Å². The predicted molar refractivity (Wildman–Crippen MR) is 78.7 cm³/mol. The maximum absolute atomic E-state index is 12.0. The molecule has 1 aliphatic rings. The smallest absolute Gasteiger partial charge is 0.229 e. The average molecular weight is 331 g/mol. The molecular weight excluding hydrogens is 319 g/mol. The molecule has 106 valence electrons. The van der Waals surface area contributed by atoms with Crippen LogP contribution < -0.4 is 5.32 Å². The van der Waals surface area contributed by atoms with Crippen molar-refractivity contribution in [3.8, 4) is 10.7 Å². The predicted octanol–water partition coefficient (Wildman–Crippen LogP) is 2.73. The molecule has 20 heavy (non-hydrogen) atoms. The molecule has 0 unspecified atom stereocenters. The first kappa shape index (κ1) is 13.9. The van der Waals surface area contributed by atoms with Gasteiger partial charge < -0.3 is 5.32 Å². The summed E-state index contributed by atoms with van der Waals surface area (Å²) < 4.78 is -0.958. The van der Waals surface area contributed by atoms with E-state index in [0.29, 0.717) is 18.1 Å². The first-order chi connectivity index (χ1) is 9.42. The summed E-state index contributed by atoms with van der Waals surface area (Å²) in [5, 5.41) is 11.7. The van der Waals surface area contributed by atoms with Crippen LogP contribution in [0.25, 0.3) is 10.7 Å². The molecule has 0 saturated heterocycles. The van der Waals surface area contributed by atoms with Gasteiger partial charge in [-0.1, -0.05) is 6.07 Å². The number of alkyl halides is 2. The van der Waals surface area contributed by atoms with Crippen LogP contribution in [-0.4, -0.2) is 25.4 Å². The molecule has 3 rings (SSSR count). The van der Waals surface area contributed by atoms with Crippen LogP contribution in [0.3, 0.4) is 0 Å². The van der Waals surface area contributed by atoms with E-state index in [1.54, 1.807) is 18.3 Å². The lowest BCUT2D eigenvalue weighted by atomic mass is 10.1. The van der Waals surface area contributed by atoms with Gasteiger partial charge in [-0.25, -0.2) is 4.98 Å². The van der Waals surface area contributed by atoms with Crippen molar-refractivity contribution in [2.75, 3.05) is 0 Å². The number of amides is 1. The highest BCUT2D eigenvalue weighted by Crippen LogP contribution is 2.63. The third-order valence-corrected chi connectivity index (χ3v) is 5.42. The molecule has 1 atom stereocenters. The Bertz CT molecular complexity index is 640. The Balaban J connectivity index is 1.61. The minimum absolute atomic E-state index is 0.170. The maximum Gasteiger partial charge on any atom is 0.229 e. The lowest BCUT2D eigenvalue weighted by Crippen LogP contribution is -2.33. The SMILES string of the molecule is C[C@]1(C(=O)NCc2nc(-c3cccs3)n[nH]2)CC1(Cl)Cl. The van der Waals surface area contributed by atoms with Crippen LogP contribution in [0.4, 0.5) is 0 Å². The van der Waals surface area contributed by atoms with Crippen molar-refractivity contribution in [2.45, 2.75) is 24.2 Å². The highest BCUT2D eigenvalue weighted by molar-refractivity contribution is 7.13. The number of nitrogens with zero attached hydrogens (tertiary/aromatic N) is 2. The van der Waals surface area contributed by atoms with E-state index in [1.165, 1.54) is 0 Å². The van der Waals surface area contributed by atoms with Gasteiger partial charge in [0.05, 0.1) is 16.8 Å². The molecule has 0 aromatic carbocycles. The molecule has 5 nitrogen and oxygen atoms in total. The van der Waals surface area contributed by atoms with Crippen molar-refractivity contribution in [1.29, 1.82) is 0 Å². The second-order valence-corrected chi connectivity index (χ2v) is 7.41. The van der Waals surface area contributed by atoms with Crippen molar-refractivity contribution in [2.24, 2.45) is 5.41 Å². The van der Waals surface area contributed by atoms with E-state index < -0.39 is 9.75 Å². The van der Waals surface area contributed by atoms with Crippen LogP contribution in [-0.2, 0) is 11.3 Å². The fraction of sp³-hybridized carbons (Fsp3) is 0.417. The van der Waals surface area contributed by atoms with Crippen LogP contribution in [0, 0.1) is 5.41 Å². The van der Waals surface area contributed by atoms with E-state index in [-0.39, 0.29) is 12.5 Å². The van der Waals surface area contributed by atoms with E-state index in [4.69, 9.17) is 23.2 Å². The van der Waals surface area contributed by atoms with Gasteiger partial charge in [0.25, 0.3) is 0 Å². The van der Waals surface area contributed by atoms with E-state index >= 15 is 0 Å². The molecule has 8 heteroatoms.